The van der Waals surface area contributed by atoms with E-state index in [0.717, 1.165) is 40.9 Å². The van der Waals surface area contributed by atoms with Crippen LogP contribution in [0.4, 0.5) is 5.69 Å². The zero-order chi connectivity index (χ0) is 21.6. The molecule has 9 heteroatoms. The second-order valence-corrected chi connectivity index (χ2v) is 9.83. The molecule has 4 rings (SSSR count). The molecule has 8 nitrogen and oxygen atoms in total. The molecule has 0 radical (unpaired) electrons. The van der Waals surface area contributed by atoms with E-state index in [1.165, 1.54) is 25.5 Å². The van der Waals surface area contributed by atoms with Gasteiger partial charge in [0.05, 0.1) is 10.6 Å². The third-order valence-electron chi connectivity index (χ3n) is 5.56. The van der Waals surface area contributed by atoms with Crippen molar-refractivity contribution in [3.8, 4) is 11.1 Å². The van der Waals surface area contributed by atoms with Crippen molar-refractivity contribution >= 4 is 27.3 Å². The predicted molar refractivity (Wildman–Crippen MR) is 115 cm³/mol. The molecular formula is C21H24N4O4S. The van der Waals surface area contributed by atoms with Gasteiger partial charge in [-0.3, -0.25) is 4.79 Å². The molecule has 2 heterocycles. The van der Waals surface area contributed by atoms with Crippen LogP contribution in [-0.2, 0) is 32.6 Å². The van der Waals surface area contributed by atoms with Crippen LogP contribution in [-0.4, -0.2) is 64.0 Å². The summed E-state index contributed by atoms with van der Waals surface area (Å²) < 4.78 is 26.0. The zero-order valence-electron chi connectivity index (χ0n) is 17.4. The number of carbonyl (C=O) groups is 1. The molecule has 2 aliphatic heterocycles. The number of hydrogen-bond acceptors (Lipinski definition) is 6. The van der Waals surface area contributed by atoms with E-state index in [0.29, 0.717) is 12.1 Å². The standard InChI is InChI=1S/C21H24N4O4S/c1-24(2)30(27,28)14-7-5-13(6-8-14)16-11-17-19(22-21(26)20(17)23-29-4)18-12-25(3)10-9-15(16)18/h5-8,11H,9-10,12H2,1-4H3,(H,22,23,26). The molecular weight excluding hydrogens is 404 g/mol. The molecule has 0 spiro atoms. The zero-order valence-corrected chi connectivity index (χ0v) is 18.2. The van der Waals surface area contributed by atoms with Gasteiger partial charge < -0.3 is 15.1 Å². The maximum atomic E-state index is 12.4. The van der Waals surface area contributed by atoms with Gasteiger partial charge in [-0.1, -0.05) is 17.3 Å². The number of fused-ring (bicyclic) bond motifs is 3. The minimum Gasteiger partial charge on any atom is -0.398 e. The number of nitrogens with zero attached hydrogens (tertiary/aromatic N) is 3. The summed E-state index contributed by atoms with van der Waals surface area (Å²) in [4.78, 5) is 19.8. The Morgan fingerprint density at radius 1 is 1.13 bits per heavy atom. The lowest BCUT2D eigenvalue weighted by molar-refractivity contribution is -0.110. The second-order valence-electron chi connectivity index (χ2n) is 7.68. The molecule has 30 heavy (non-hydrogen) atoms. The summed E-state index contributed by atoms with van der Waals surface area (Å²) in [6.07, 6.45) is 0.832. The van der Waals surface area contributed by atoms with Crippen LogP contribution in [0.15, 0.2) is 40.4 Å². The van der Waals surface area contributed by atoms with Gasteiger partial charge in [-0.2, -0.15) is 0 Å². The van der Waals surface area contributed by atoms with Gasteiger partial charge in [0.1, 0.15) is 7.11 Å². The first-order valence-electron chi connectivity index (χ1n) is 9.57. The summed E-state index contributed by atoms with van der Waals surface area (Å²) >= 11 is 0. The van der Waals surface area contributed by atoms with E-state index < -0.39 is 10.0 Å². The Hall–Kier alpha value is -2.75. The number of sulfonamides is 1. The van der Waals surface area contributed by atoms with E-state index >= 15 is 0 Å². The van der Waals surface area contributed by atoms with Gasteiger partial charge in [-0.05, 0) is 53.9 Å². The van der Waals surface area contributed by atoms with Crippen LogP contribution in [0.3, 0.4) is 0 Å². The fraction of sp³-hybridized carbons (Fsp3) is 0.333. The molecule has 0 unspecified atom stereocenters. The molecule has 0 atom stereocenters. The molecule has 1 N–H and O–H groups in total. The lowest BCUT2D eigenvalue weighted by Crippen LogP contribution is -2.27. The summed E-state index contributed by atoms with van der Waals surface area (Å²) in [7, 11) is 2.98. The molecule has 1 amide bonds. The Morgan fingerprint density at radius 2 is 1.83 bits per heavy atom. The lowest BCUT2D eigenvalue weighted by Gasteiger charge is -2.29. The first kappa shape index (κ1) is 20.5. The summed E-state index contributed by atoms with van der Waals surface area (Å²) in [6.45, 7) is 1.61. The van der Waals surface area contributed by atoms with E-state index in [-0.39, 0.29) is 16.5 Å². The van der Waals surface area contributed by atoms with Crippen molar-refractivity contribution in [2.75, 3.05) is 40.1 Å². The smallest absolute Gasteiger partial charge is 0.278 e. The van der Waals surface area contributed by atoms with Crippen molar-refractivity contribution in [3.05, 3.63) is 47.0 Å². The normalized spacial score (nSPS) is 17.8. The maximum absolute atomic E-state index is 12.4. The second kappa shape index (κ2) is 7.50. The van der Waals surface area contributed by atoms with Gasteiger partial charge >= 0.3 is 0 Å². The Morgan fingerprint density at radius 3 is 2.47 bits per heavy atom. The van der Waals surface area contributed by atoms with Crippen molar-refractivity contribution in [1.82, 2.24) is 9.21 Å². The fourth-order valence-corrected chi connectivity index (χ4v) is 4.87. The maximum Gasteiger partial charge on any atom is 0.278 e. The molecule has 0 aliphatic carbocycles. The Bertz CT molecular complexity index is 1150. The quantitative estimate of drug-likeness (QED) is 0.751. The Labute approximate surface area is 176 Å². The van der Waals surface area contributed by atoms with Crippen LogP contribution in [0.1, 0.15) is 16.7 Å². The van der Waals surface area contributed by atoms with Gasteiger partial charge in [0.25, 0.3) is 5.91 Å². The van der Waals surface area contributed by atoms with Gasteiger partial charge in [0, 0.05) is 32.7 Å². The van der Waals surface area contributed by atoms with E-state index in [4.69, 9.17) is 4.84 Å². The highest BCUT2D eigenvalue weighted by Gasteiger charge is 2.33. The highest BCUT2D eigenvalue weighted by molar-refractivity contribution is 7.89. The van der Waals surface area contributed by atoms with Crippen LogP contribution in [0.2, 0.25) is 0 Å². The van der Waals surface area contributed by atoms with Gasteiger partial charge in [-0.25, -0.2) is 12.7 Å². The largest absolute Gasteiger partial charge is 0.398 e. The molecule has 158 valence electrons. The van der Waals surface area contributed by atoms with Crippen LogP contribution in [0.5, 0.6) is 0 Å². The van der Waals surface area contributed by atoms with Crippen molar-refractivity contribution < 1.29 is 18.0 Å². The minimum atomic E-state index is -3.50. The minimum absolute atomic E-state index is 0.240. The molecule has 0 saturated heterocycles. The number of oxime groups is 1. The number of carbonyl (C=O) groups excluding carboxylic acids is 1. The topological polar surface area (TPSA) is 91.3 Å². The monoisotopic (exact) mass is 428 g/mol. The SMILES string of the molecule is CON=C1C(=O)Nc2c1cc(-c1ccc(S(=O)(=O)N(C)C)cc1)c1c2CN(C)CC1. The summed E-state index contributed by atoms with van der Waals surface area (Å²) in [5, 5.41) is 6.86. The van der Waals surface area contributed by atoms with E-state index in [1.807, 2.05) is 25.2 Å². The third-order valence-corrected chi connectivity index (χ3v) is 7.39. The predicted octanol–water partition coefficient (Wildman–Crippen LogP) is 1.89. The Balaban J connectivity index is 1.88. The number of amides is 1. The summed E-state index contributed by atoms with van der Waals surface area (Å²) in [6, 6.07) is 8.81. The van der Waals surface area contributed by atoms with Crippen LogP contribution < -0.4 is 5.32 Å². The average molecular weight is 429 g/mol. The molecule has 2 aliphatic rings. The third kappa shape index (κ3) is 3.28. The van der Waals surface area contributed by atoms with Crippen LogP contribution in [0.25, 0.3) is 11.1 Å². The fourth-order valence-electron chi connectivity index (χ4n) is 3.97. The first-order chi connectivity index (χ1) is 14.2. The molecule has 2 aromatic rings. The number of nitrogens with one attached hydrogen (secondary N) is 1. The summed E-state index contributed by atoms with van der Waals surface area (Å²) in [5.41, 5.74) is 5.84. The van der Waals surface area contributed by atoms with Crippen molar-refractivity contribution in [2.24, 2.45) is 5.16 Å². The van der Waals surface area contributed by atoms with E-state index in [2.05, 4.69) is 15.4 Å². The van der Waals surface area contributed by atoms with Gasteiger partial charge in [0.2, 0.25) is 10.0 Å². The lowest BCUT2D eigenvalue weighted by atomic mass is 9.87. The number of rotatable bonds is 4. The molecule has 2 aromatic carbocycles. The first-order valence-corrected chi connectivity index (χ1v) is 11.0. The number of hydrogen-bond donors (Lipinski definition) is 1. The van der Waals surface area contributed by atoms with E-state index in [1.54, 1.807) is 12.1 Å². The molecule has 0 bridgehead atoms. The van der Waals surface area contributed by atoms with Crippen molar-refractivity contribution in [3.63, 3.8) is 0 Å². The number of anilines is 1. The molecule has 0 saturated carbocycles. The van der Waals surface area contributed by atoms with E-state index in [9.17, 15) is 13.2 Å². The van der Waals surface area contributed by atoms with Gasteiger partial charge in [0.15, 0.2) is 5.71 Å². The highest BCUT2D eigenvalue weighted by Crippen LogP contribution is 2.40. The number of likely N-dealkylation sites (N-methyl/N-ethyl adjacent to an activating group) is 1. The van der Waals surface area contributed by atoms with Crippen molar-refractivity contribution in [2.45, 2.75) is 17.9 Å². The molecule has 0 aromatic heterocycles. The Kier molecular flexibility index (Phi) is 5.13. The number of benzene rings is 2. The highest BCUT2D eigenvalue weighted by atomic mass is 32.2. The van der Waals surface area contributed by atoms with Crippen LogP contribution in [0, 0.1) is 0 Å². The van der Waals surface area contributed by atoms with Crippen LogP contribution >= 0.6 is 0 Å². The molecule has 0 fully saturated rings. The average Bonchev–Trinajstić information content (AvgIpc) is 3.03. The van der Waals surface area contributed by atoms with Gasteiger partial charge in [-0.15, -0.1) is 0 Å². The summed E-state index contributed by atoms with van der Waals surface area (Å²) in [5.74, 6) is -0.285. The van der Waals surface area contributed by atoms with Crippen molar-refractivity contribution in [1.29, 1.82) is 0 Å².